The highest BCUT2D eigenvalue weighted by molar-refractivity contribution is 5.23. The van der Waals surface area contributed by atoms with Crippen molar-refractivity contribution < 1.29 is 0 Å². The molecule has 1 aliphatic carbocycles. The molecule has 0 aliphatic heterocycles. The van der Waals surface area contributed by atoms with Crippen LogP contribution in [0, 0.1) is 0 Å². The summed E-state index contributed by atoms with van der Waals surface area (Å²) in [6.45, 7) is 6.08. The Morgan fingerprint density at radius 2 is 2.55 bits per heavy atom. The van der Waals surface area contributed by atoms with Crippen LogP contribution in [0.25, 0.3) is 0 Å². The van der Waals surface area contributed by atoms with Crippen molar-refractivity contribution in [3.8, 4) is 0 Å². The average molecular weight is 151 g/mol. The van der Waals surface area contributed by atoms with Crippen molar-refractivity contribution in [2.24, 2.45) is 5.73 Å². The molecule has 0 radical (unpaired) electrons. The molecule has 1 saturated carbocycles. The Balaban J connectivity index is 2.48. The molecule has 1 rings (SSSR count). The van der Waals surface area contributed by atoms with Crippen molar-refractivity contribution in [1.29, 1.82) is 0 Å². The number of nitrogens with two attached hydrogens (primary N) is 1. The summed E-state index contributed by atoms with van der Waals surface area (Å²) >= 11 is 0. The Hall–Kier alpha value is -0.560. The number of rotatable bonds is 2. The molecular weight excluding hydrogens is 134 g/mol. The molecule has 1 nitrogen and oxygen atoms in total. The second kappa shape index (κ2) is 3.72. The topological polar surface area (TPSA) is 26.0 Å². The van der Waals surface area contributed by atoms with Gasteiger partial charge in [0.2, 0.25) is 0 Å². The summed E-state index contributed by atoms with van der Waals surface area (Å²) in [6, 6.07) is 0.408. The van der Waals surface area contributed by atoms with Crippen LogP contribution < -0.4 is 5.73 Å². The normalized spacial score (nSPS) is 27.8. The molecule has 0 heterocycles. The molecule has 0 spiro atoms. The van der Waals surface area contributed by atoms with E-state index in [9.17, 15) is 0 Å². The lowest BCUT2D eigenvalue weighted by Gasteiger charge is -1.98. The molecule has 0 aromatic rings. The van der Waals surface area contributed by atoms with Crippen molar-refractivity contribution in [2.45, 2.75) is 38.6 Å². The molecule has 0 aromatic carbocycles. The van der Waals surface area contributed by atoms with Crippen LogP contribution in [0.4, 0.5) is 0 Å². The van der Waals surface area contributed by atoms with E-state index in [1.165, 1.54) is 17.6 Å². The Morgan fingerprint density at radius 1 is 1.82 bits per heavy atom. The summed E-state index contributed by atoms with van der Waals surface area (Å²) in [6.07, 6.45) is 6.69. The van der Waals surface area contributed by atoms with Crippen molar-refractivity contribution in [2.75, 3.05) is 0 Å². The first kappa shape index (κ1) is 8.54. The molecule has 1 atom stereocenters. The maximum atomic E-state index is 5.77. The molecule has 0 saturated heterocycles. The van der Waals surface area contributed by atoms with E-state index < -0.39 is 0 Å². The minimum absolute atomic E-state index is 0.408. The summed E-state index contributed by atoms with van der Waals surface area (Å²) in [4.78, 5) is 0. The molecule has 1 heteroatoms. The largest absolute Gasteiger partial charge is 0.327 e. The Kier molecular flexibility index (Phi) is 2.89. The van der Waals surface area contributed by atoms with Gasteiger partial charge in [0, 0.05) is 6.04 Å². The van der Waals surface area contributed by atoms with E-state index in [0.29, 0.717) is 6.04 Å². The van der Waals surface area contributed by atoms with Crippen LogP contribution in [-0.2, 0) is 0 Å². The van der Waals surface area contributed by atoms with Gasteiger partial charge in [0.1, 0.15) is 0 Å². The highest BCUT2D eigenvalue weighted by atomic mass is 14.6. The standard InChI is InChI=1S/C10H17N/c1-3-8(2)6-9-4-5-10(11)7-9/h6,10H,2-5,7,11H2,1H3. The summed E-state index contributed by atoms with van der Waals surface area (Å²) in [5.74, 6) is 0. The van der Waals surface area contributed by atoms with Crippen LogP contribution in [0.2, 0.25) is 0 Å². The predicted octanol–water partition coefficient (Wildman–Crippen LogP) is 2.39. The second-order valence-corrected chi connectivity index (χ2v) is 3.32. The van der Waals surface area contributed by atoms with Gasteiger partial charge in [0.15, 0.2) is 0 Å². The second-order valence-electron chi connectivity index (χ2n) is 3.32. The van der Waals surface area contributed by atoms with Crippen molar-refractivity contribution in [3.63, 3.8) is 0 Å². The molecule has 11 heavy (non-hydrogen) atoms. The lowest BCUT2D eigenvalue weighted by Crippen LogP contribution is -2.13. The smallest absolute Gasteiger partial charge is 0.00792 e. The maximum Gasteiger partial charge on any atom is 0.00792 e. The maximum absolute atomic E-state index is 5.77. The SMILES string of the molecule is C=C(C=C1CCC(N)C1)CC. The van der Waals surface area contributed by atoms with E-state index in [1.807, 2.05) is 0 Å². The Morgan fingerprint density at radius 3 is 3.00 bits per heavy atom. The van der Waals surface area contributed by atoms with Gasteiger partial charge in [-0.1, -0.05) is 30.7 Å². The van der Waals surface area contributed by atoms with E-state index in [4.69, 9.17) is 5.73 Å². The Labute approximate surface area is 69.0 Å². The first-order valence-corrected chi connectivity index (χ1v) is 4.35. The first-order chi connectivity index (χ1) is 5.22. The van der Waals surface area contributed by atoms with Crippen LogP contribution in [0.15, 0.2) is 23.8 Å². The third-order valence-electron chi connectivity index (χ3n) is 2.22. The molecule has 62 valence electrons. The Bertz CT molecular complexity index is 179. The van der Waals surface area contributed by atoms with Crippen molar-refractivity contribution in [3.05, 3.63) is 23.8 Å². The van der Waals surface area contributed by atoms with Gasteiger partial charge in [-0.05, 0) is 25.7 Å². The lowest BCUT2D eigenvalue weighted by atomic mass is 10.1. The van der Waals surface area contributed by atoms with E-state index in [1.54, 1.807) is 0 Å². The number of allylic oxidation sites excluding steroid dienone is 2. The minimum Gasteiger partial charge on any atom is -0.327 e. The zero-order chi connectivity index (χ0) is 8.27. The van der Waals surface area contributed by atoms with Crippen LogP contribution in [0.5, 0.6) is 0 Å². The van der Waals surface area contributed by atoms with Gasteiger partial charge >= 0.3 is 0 Å². The fourth-order valence-electron chi connectivity index (χ4n) is 1.43. The van der Waals surface area contributed by atoms with E-state index >= 15 is 0 Å². The van der Waals surface area contributed by atoms with Gasteiger partial charge in [-0.2, -0.15) is 0 Å². The molecule has 1 aliphatic rings. The van der Waals surface area contributed by atoms with Gasteiger partial charge in [-0.15, -0.1) is 0 Å². The number of hydrogen-bond donors (Lipinski definition) is 1. The highest BCUT2D eigenvalue weighted by Crippen LogP contribution is 2.24. The zero-order valence-corrected chi connectivity index (χ0v) is 7.27. The first-order valence-electron chi connectivity index (χ1n) is 4.35. The highest BCUT2D eigenvalue weighted by Gasteiger charge is 2.14. The fraction of sp³-hybridized carbons (Fsp3) is 0.600. The fourth-order valence-corrected chi connectivity index (χ4v) is 1.43. The van der Waals surface area contributed by atoms with Crippen LogP contribution in [0.1, 0.15) is 32.6 Å². The molecule has 2 N–H and O–H groups in total. The summed E-state index contributed by atoms with van der Waals surface area (Å²) in [7, 11) is 0. The van der Waals surface area contributed by atoms with Crippen molar-refractivity contribution in [1.82, 2.24) is 0 Å². The molecule has 0 amide bonds. The van der Waals surface area contributed by atoms with Gasteiger partial charge in [-0.25, -0.2) is 0 Å². The quantitative estimate of drug-likeness (QED) is 0.644. The van der Waals surface area contributed by atoms with Crippen molar-refractivity contribution >= 4 is 0 Å². The molecular formula is C10H17N. The van der Waals surface area contributed by atoms with Crippen LogP contribution in [0.3, 0.4) is 0 Å². The van der Waals surface area contributed by atoms with E-state index in [2.05, 4.69) is 19.6 Å². The summed E-state index contributed by atoms with van der Waals surface area (Å²) in [5.41, 5.74) is 8.49. The van der Waals surface area contributed by atoms with Crippen LogP contribution >= 0.6 is 0 Å². The molecule has 0 aromatic heterocycles. The molecule has 0 bridgehead atoms. The zero-order valence-electron chi connectivity index (χ0n) is 7.27. The molecule has 1 fully saturated rings. The third-order valence-corrected chi connectivity index (χ3v) is 2.22. The minimum atomic E-state index is 0.408. The predicted molar refractivity (Wildman–Crippen MR) is 49.3 cm³/mol. The average Bonchev–Trinajstić information content (AvgIpc) is 2.35. The number of hydrogen-bond acceptors (Lipinski definition) is 1. The van der Waals surface area contributed by atoms with E-state index in [-0.39, 0.29) is 0 Å². The van der Waals surface area contributed by atoms with Gasteiger partial charge < -0.3 is 5.73 Å². The molecule has 1 unspecified atom stereocenters. The van der Waals surface area contributed by atoms with Crippen LogP contribution in [-0.4, -0.2) is 6.04 Å². The van der Waals surface area contributed by atoms with Gasteiger partial charge in [0.25, 0.3) is 0 Å². The summed E-state index contributed by atoms with van der Waals surface area (Å²) in [5, 5.41) is 0. The van der Waals surface area contributed by atoms with Gasteiger partial charge in [0.05, 0.1) is 0 Å². The summed E-state index contributed by atoms with van der Waals surface area (Å²) < 4.78 is 0. The van der Waals surface area contributed by atoms with E-state index in [0.717, 1.165) is 19.3 Å². The van der Waals surface area contributed by atoms with Gasteiger partial charge in [-0.3, -0.25) is 0 Å². The monoisotopic (exact) mass is 151 g/mol. The third kappa shape index (κ3) is 2.51. The lowest BCUT2D eigenvalue weighted by molar-refractivity contribution is 0.711.